The molecule has 3 atom stereocenters. The molecule has 116 valence electrons. The maximum Gasteiger partial charge on any atom is 0.225 e. The van der Waals surface area contributed by atoms with Gasteiger partial charge in [-0.05, 0) is 43.1 Å². The van der Waals surface area contributed by atoms with Gasteiger partial charge in [0.25, 0.3) is 0 Å². The van der Waals surface area contributed by atoms with Crippen LogP contribution < -0.4 is 5.73 Å². The molecule has 2 fully saturated rings. The fourth-order valence-corrected chi connectivity index (χ4v) is 4.19. The van der Waals surface area contributed by atoms with E-state index in [1.165, 1.54) is 32.1 Å². The molecule has 0 radical (unpaired) electrons. The molecule has 2 aliphatic rings. The van der Waals surface area contributed by atoms with E-state index in [4.69, 9.17) is 5.73 Å². The maximum absolute atomic E-state index is 12.7. The summed E-state index contributed by atoms with van der Waals surface area (Å²) in [7, 11) is 1.95. The lowest BCUT2D eigenvalue weighted by atomic mass is 9.67. The second-order valence-electron chi connectivity index (χ2n) is 7.88. The molecule has 0 bridgehead atoms. The van der Waals surface area contributed by atoms with Gasteiger partial charge in [0.1, 0.15) is 0 Å². The Morgan fingerprint density at radius 1 is 1.15 bits per heavy atom. The number of hydrogen-bond donors (Lipinski definition) is 1. The number of carbonyl (C=O) groups is 1. The molecule has 2 aliphatic carbocycles. The van der Waals surface area contributed by atoms with Gasteiger partial charge in [0.15, 0.2) is 0 Å². The van der Waals surface area contributed by atoms with Gasteiger partial charge in [-0.25, -0.2) is 0 Å². The van der Waals surface area contributed by atoms with Gasteiger partial charge in [-0.3, -0.25) is 4.79 Å². The topological polar surface area (TPSA) is 46.3 Å². The molecule has 20 heavy (non-hydrogen) atoms. The predicted octanol–water partition coefficient (Wildman–Crippen LogP) is 3.04. The highest BCUT2D eigenvalue weighted by Crippen LogP contribution is 2.43. The summed E-state index contributed by atoms with van der Waals surface area (Å²) in [4.78, 5) is 14.6. The van der Waals surface area contributed by atoms with Gasteiger partial charge in [-0.1, -0.05) is 39.5 Å². The van der Waals surface area contributed by atoms with Crippen molar-refractivity contribution in [1.82, 2.24) is 4.90 Å². The minimum Gasteiger partial charge on any atom is -0.345 e. The van der Waals surface area contributed by atoms with Crippen LogP contribution in [0, 0.1) is 23.2 Å². The standard InChI is InChI=1S/C17H32N2O/c1-17(2,11-18)12-19(3)16(20)15-9-8-13-6-4-5-7-14(13)10-15/h13-15H,4-12,18H2,1-3H3. The van der Waals surface area contributed by atoms with E-state index in [0.717, 1.165) is 31.2 Å². The molecule has 0 saturated heterocycles. The van der Waals surface area contributed by atoms with Crippen molar-refractivity contribution in [2.45, 2.75) is 58.8 Å². The second kappa shape index (κ2) is 6.46. The maximum atomic E-state index is 12.7. The number of carbonyl (C=O) groups excluding carboxylic acids is 1. The Bertz CT molecular complexity index is 340. The van der Waals surface area contributed by atoms with Crippen molar-refractivity contribution < 1.29 is 4.79 Å². The first-order chi connectivity index (χ1) is 9.43. The van der Waals surface area contributed by atoms with Crippen molar-refractivity contribution in [3.8, 4) is 0 Å². The van der Waals surface area contributed by atoms with Crippen molar-refractivity contribution in [1.29, 1.82) is 0 Å². The molecule has 1 amide bonds. The summed E-state index contributed by atoms with van der Waals surface area (Å²) >= 11 is 0. The molecule has 0 aromatic rings. The van der Waals surface area contributed by atoms with Crippen molar-refractivity contribution in [3.63, 3.8) is 0 Å². The number of rotatable bonds is 4. The monoisotopic (exact) mass is 280 g/mol. The van der Waals surface area contributed by atoms with E-state index in [9.17, 15) is 4.79 Å². The molecule has 0 aromatic carbocycles. The first-order valence-corrected chi connectivity index (χ1v) is 8.38. The van der Waals surface area contributed by atoms with Crippen LogP contribution in [0.3, 0.4) is 0 Å². The Balaban J connectivity index is 1.89. The van der Waals surface area contributed by atoms with E-state index in [1.807, 2.05) is 11.9 Å². The molecule has 2 N–H and O–H groups in total. The van der Waals surface area contributed by atoms with E-state index in [-0.39, 0.29) is 11.3 Å². The average Bonchev–Trinajstić information content (AvgIpc) is 2.45. The van der Waals surface area contributed by atoms with Crippen LogP contribution in [0.2, 0.25) is 0 Å². The van der Waals surface area contributed by atoms with Crippen LogP contribution >= 0.6 is 0 Å². The number of nitrogens with two attached hydrogens (primary N) is 1. The second-order valence-corrected chi connectivity index (χ2v) is 7.88. The normalized spacial score (nSPS) is 30.7. The number of nitrogens with zero attached hydrogens (tertiary/aromatic N) is 1. The lowest BCUT2D eigenvalue weighted by Crippen LogP contribution is -2.44. The van der Waals surface area contributed by atoms with E-state index in [1.54, 1.807) is 0 Å². The SMILES string of the molecule is CN(CC(C)(C)CN)C(=O)C1CCC2CCCCC2C1. The lowest BCUT2D eigenvalue weighted by molar-refractivity contribution is -0.137. The number of fused-ring (bicyclic) bond motifs is 1. The van der Waals surface area contributed by atoms with E-state index < -0.39 is 0 Å². The minimum absolute atomic E-state index is 0.0203. The Morgan fingerprint density at radius 3 is 2.45 bits per heavy atom. The van der Waals surface area contributed by atoms with Crippen molar-refractivity contribution >= 4 is 5.91 Å². The summed E-state index contributed by atoms with van der Waals surface area (Å²) in [6.45, 7) is 5.66. The molecule has 0 spiro atoms. The first-order valence-electron chi connectivity index (χ1n) is 8.38. The fraction of sp³-hybridized carbons (Fsp3) is 0.941. The van der Waals surface area contributed by atoms with Gasteiger partial charge in [-0.2, -0.15) is 0 Å². The summed E-state index contributed by atoms with van der Waals surface area (Å²) in [5, 5.41) is 0. The average molecular weight is 280 g/mol. The van der Waals surface area contributed by atoms with Crippen LogP contribution in [0.1, 0.15) is 58.8 Å². The third-order valence-corrected chi connectivity index (χ3v) is 5.48. The third kappa shape index (κ3) is 3.75. The van der Waals surface area contributed by atoms with Gasteiger partial charge >= 0.3 is 0 Å². The number of amides is 1. The van der Waals surface area contributed by atoms with Crippen molar-refractivity contribution in [2.24, 2.45) is 28.9 Å². The van der Waals surface area contributed by atoms with E-state index in [2.05, 4.69) is 13.8 Å². The van der Waals surface area contributed by atoms with Crippen LogP contribution in [0.5, 0.6) is 0 Å². The van der Waals surface area contributed by atoms with Crippen LogP contribution in [0.4, 0.5) is 0 Å². The highest BCUT2D eigenvalue weighted by Gasteiger charge is 2.36. The highest BCUT2D eigenvalue weighted by molar-refractivity contribution is 5.78. The van der Waals surface area contributed by atoms with Gasteiger partial charge < -0.3 is 10.6 Å². The van der Waals surface area contributed by atoms with Crippen LogP contribution in [0.15, 0.2) is 0 Å². The van der Waals surface area contributed by atoms with Gasteiger partial charge in [0, 0.05) is 19.5 Å². The van der Waals surface area contributed by atoms with Crippen LogP contribution in [0.25, 0.3) is 0 Å². The van der Waals surface area contributed by atoms with Gasteiger partial charge in [-0.15, -0.1) is 0 Å². The fourth-order valence-electron chi connectivity index (χ4n) is 4.19. The quantitative estimate of drug-likeness (QED) is 0.860. The van der Waals surface area contributed by atoms with Crippen LogP contribution in [-0.2, 0) is 4.79 Å². The zero-order valence-electron chi connectivity index (χ0n) is 13.5. The first kappa shape index (κ1) is 15.8. The lowest BCUT2D eigenvalue weighted by Gasteiger charge is -2.40. The zero-order chi connectivity index (χ0) is 14.8. The molecule has 2 rings (SSSR count). The Labute approximate surface area is 124 Å². The Morgan fingerprint density at radius 2 is 1.80 bits per heavy atom. The van der Waals surface area contributed by atoms with Crippen molar-refractivity contribution in [2.75, 3.05) is 20.1 Å². The summed E-state index contributed by atoms with van der Waals surface area (Å²) in [5.74, 6) is 2.37. The van der Waals surface area contributed by atoms with Gasteiger partial charge in [0.2, 0.25) is 5.91 Å². The molecule has 3 unspecified atom stereocenters. The molecule has 3 nitrogen and oxygen atoms in total. The molecular weight excluding hydrogens is 248 g/mol. The molecule has 0 aromatic heterocycles. The van der Waals surface area contributed by atoms with E-state index >= 15 is 0 Å². The van der Waals surface area contributed by atoms with Gasteiger partial charge in [0.05, 0.1) is 0 Å². The largest absolute Gasteiger partial charge is 0.345 e. The highest BCUT2D eigenvalue weighted by atomic mass is 16.2. The molecule has 2 saturated carbocycles. The molecule has 0 heterocycles. The summed E-state index contributed by atoms with van der Waals surface area (Å²) < 4.78 is 0. The third-order valence-electron chi connectivity index (χ3n) is 5.48. The summed E-state index contributed by atoms with van der Waals surface area (Å²) in [6, 6.07) is 0. The number of hydrogen-bond acceptors (Lipinski definition) is 2. The Hall–Kier alpha value is -0.570. The minimum atomic E-state index is 0.0203. The van der Waals surface area contributed by atoms with Crippen LogP contribution in [-0.4, -0.2) is 30.9 Å². The zero-order valence-corrected chi connectivity index (χ0v) is 13.5. The predicted molar refractivity (Wildman–Crippen MR) is 83.3 cm³/mol. The smallest absolute Gasteiger partial charge is 0.225 e. The van der Waals surface area contributed by atoms with Crippen molar-refractivity contribution in [3.05, 3.63) is 0 Å². The summed E-state index contributed by atoms with van der Waals surface area (Å²) in [5.41, 5.74) is 5.80. The molecular formula is C17H32N2O. The Kier molecular flexibility index (Phi) is 5.11. The molecule has 0 aliphatic heterocycles. The molecule has 3 heteroatoms. The van der Waals surface area contributed by atoms with E-state index in [0.29, 0.717) is 12.5 Å². The summed E-state index contributed by atoms with van der Waals surface area (Å²) in [6.07, 6.45) is 9.05.